The van der Waals surface area contributed by atoms with Crippen LogP contribution in [0, 0.1) is 5.92 Å². The first-order valence-electron chi connectivity index (χ1n) is 13.2. The van der Waals surface area contributed by atoms with Crippen LogP contribution in [0.1, 0.15) is 30.9 Å². The van der Waals surface area contributed by atoms with Crippen LogP contribution in [0.15, 0.2) is 71.6 Å². The van der Waals surface area contributed by atoms with Crippen LogP contribution in [-0.2, 0) is 19.6 Å². The largest absolute Gasteiger partial charge is 0.354 e. The molecular formula is C29H31Cl3N4O4S. The molecule has 0 spiro atoms. The van der Waals surface area contributed by atoms with E-state index in [0.29, 0.717) is 23.7 Å². The average Bonchev–Trinajstić information content (AvgIpc) is 2.97. The molecule has 8 nitrogen and oxygen atoms in total. The number of hydrogen-bond acceptors (Lipinski definition) is 5. The minimum Gasteiger partial charge on any atom is -0.354 e. The van der Waals surface area contributed by atoms with Gasteiger partial charge in [0.15, 0.2) is 0 Å². The molecule has 12 heteroatoms. The maximum atomic E-state index is 14.1. The van der Waals surface area contributed by atoms with Crippen LogP contribution in [-0.4, -0.2) is 46.4 Å². The van der Waals surface area contributed by atoms with Crippen molar-refractivity contribution in [3.05, 3.63) is 82.3 Å². The number of sulfonamides is 1. The molecule has 3 N–H and O–H groups in total. The number of carbonyl (C=O) groups excluding carboxylic acids is 2. The molecule has 0 bridgehead atoms. The van der Waals surface area contributed by atoms with Crippen molar-refractivity contribution in [3.63, 3.8) is 0 Å². The van der Waals surface area contributed by atoms with Gasteiger partial charge in [-0.15, -0.1) is 12.4 Å². The van der Waals surface area contributed by atoms with Gasteiger partial charge in [-0.1, -0.05) is 65.7 Å². The van der Waals surface area contributed by atoms with Gasteiger partial charge in [0.1, 0.15) is 0 Å². The fraction of sp³-hybridized carbons (Fsp3) is 0.310. The van der Waals surface area contributed by atoms with Gasteiger partial charge in [-0.25, -0.2) is 8.42 Å². The third-order valence-corrected chi connectivity index (χ3v) is 9.91. The van der Waals surface area contributed by atoms with Gasteiger partial charge in [0.2, 0.25) is 11.8 Å². The van der Waals surface area contributed by atoms with Crippen molar-refractivity contribution in [1.29, 1.82) is 0 Å². The molecule has 1 atom stereocenters. The molecule has 2 aliphatic heterocycles. The molecule has 1 saturated heterocycles. The van der Waals surface area contributed by atoms with E-state index >= 15 is 0 Å². The lowest BCUT2D eigenvalue weighted by Gasteiger charge is -2.39. The molecule has 0 saturated carbocycles. The first-order chi connectivity index (χ1) is 19.3. The second-order valence-corrected chi connectivity index (χ2v) is 12.6. The summed E-state index contributed by atoms with van der Waals surface area (Å²) < 4.78 is 29.6. The van der Waals surface area contributed by atoms with Crippen LogP contribution >= 0.6 is 35.6 Å². The highest BCUT2D eigenvalue weighted by Crippen LogP contribution is 2.48. The fourth-order valence-electron chi connectivity index (χ4n) is 5.29. The van der Waals surface area contributed by atoms with Crippen LogP contribution < -0.4 is 20.3 Å². The summed E-state index contributed by atoms with van der Waals surface area (Å²) in [6.07, 6.45) is 1.81. The molecule has 0 aliphatic carbocycles. The van der Waals surface area contributed by atoms with Crippen molar-refractivity contribution in [2.45, 2.75) is 30.2 Å². The number of halogens is 3. The predicted octanol–water partition coefficient (Wildman–Crippen LogP) is 4.95. The van der Waals surface area contributed by atoms with Gasteiger partial charge in [0.25, 0.3) is 10.0 Å². The summed E-state index contributed by atoms with van der Waals surface area (Å²) in [4.78, 5) is 25.6. The van der Waals surface area contributed by atoms with Crippen molar-refractivity contribution in [3.8, 4) is 11.1 Å². The zero-order valence-corrected chi connectivity index (χ0v) is 25.3. The number of piperidine rings is 1. The summed E-state index contributed by atoms with van der Waals surface area (Å²) in [5.41, 5.74) is 2.71. The van der Waals surface area contributed by atoms with Crippen molar-refractivity contribution < 1.29 is 18.0 Å². The molecule has 2 amide bonds. The van der Waals surface area contributed by atoms with Crippen molar-refractivity contribution in [2.24, 2.45) is 5.92 Å². The van der Waals surface area contributed by atoms with E-state index in [1.807, 2.05) is 36.4 Å². The van der Waals surface area contributed by atoms with Crippen molar-refractivity contribution in [1.82, 2.24) is 16.0 Å². The van der Waals surface area contributed by atoms with E-state index in [9.17, 15) is 18.0 Å². The minimum atomic E-state index is -4.18. The SMILES string of the molecule is Cl.O=C(CNC(=O)CC1c2ccccc2-c2ccccc2N1S(=O)(=O)c1ccc(Cl)c(Cl)c1)NCC1CCNCC1. The monoisotopic (exact) mass is 636 g/mol. The Morgan fingerprint density at radius 2 is 1.56 bits per heavy atom. The quantitative estimate of drug-likeness (QED) is 0.324. The van der Waals surface area contributed by atoms with E-state index < -0.39 is 22.0 Å². The van der Waals surface area contributed by atoms with Crippen molar-refractivity contribution in [2.75, 3.05) is 30.5 Å². The molecule has 1 unspecified atom stereocenters. The van der Waals surface area contributed by atoms with E-state index in [1.165, 1.54) is 22.5 Å². The Labute approximate surface area is 256 Å². The number of anilines is 1. The second-order valence-electron chi connectivity index (χ2n) is 9.98. The molecule has 218 valence electrons. The number of para-hydroxylation sites is 1. The second kappa shape index (κ2) is 13.4. The topological polar surface area (TPSA) is 108 Å². The summed E-state index contributed by atoms with van der Waals surface area (Å²) in [6.45, 7) is 2.25. The molecule has 3 aromatic rings. The summed E-state index contributed by atoms with van der Waals surface area (Å²) in [5, 5.41) is 9.21. The number of amides is 2. The Balaban J connectivity index is 0.00000387. The lowest BCUT2D eigenvalue weighted by Crippen LogP contribution is -2.43. The van der Waals surface area contributed by atoms with Gasteiger partial charge in [-0.05, 0) is 67.2 Å². The normalized spacial score (nSPS) is 16.6. The highest BCUT2D eigenvalue weighted by molar-refractivity contribution is 7.92. The Morgan fingerprint density at radius 3 is 2.29 bits per heavy atom. The fourth-order valence-corrected chi connectivity index (χ4v) is 7.33. The Kier molecular flexibility index (Phi) is 10.2. The lowest BCUT2D eigenvalue weighted by molar-refractivity contribution is -0.126. The third kappa shape index (κ3) is 6.81. The molecule has 3 aromatic carbocycles. The van der Waals surface area contributed by atoms with Crippen LogP contribution in [0.5, 0.6) is 0 Å². The van der Waals surface area contributed by atoms with E-state index in [0.717, 1.165) is 37.1 Å². The number of carbonyl (C=O) groups is 2. The molecule has 2 heterocycles. The Bertz CT molecular complexity index is 1530. The lowest BCUT2D eigenvalue weighted by atomic mass is 9.88. The van der Waals surface area contributed by atoms with Gasteiger partial charge in [0.05, 0.1) is 39.6 Å². The van der Waals surface area contributed by atoms with E-state index in [2.05, 4.69) is 16.0 Å². The average molecular weight is 638 g/mol. The summed E-state index contributed by atoms with van der Waals surface area (Å²) in [5.74, 6) is -0.299. The number of nitrogens with zero attached hydrogens (tertiary/aromatic N) is 1. The maximum Gasteiger partial charge on any atom is 0.264 e. The molecular weight excluding hydrogens is 607 g/mol. The van der Waals surface area contributed by atoms with Crippen molar-refractivity contribution >= 4 is 63.1 Å². The van der Waals surface area contributed by atoms with Gasteiger partial charge in [-0.3, -0.25) is 13.9 Å². The summed E-state index contributed by atoms with van der Waals surface area (Å²) in [6, 6.07) is 17.9. The molecule has 0 aromatic heterocycles. The number of nitrogens with one attached hydrogen (secondary N) is 3. The summed E-state index contributed by atoms with van der Waals surface area (Å²) in [7, 11) is -4.18. The zero-order valence-electron chi connectivity index (χ0n) is 22.1. The predicted molar refractivity (Wildman–Crippen MR) is 164 cm³/mol. The van der Waals surface area contributed by atoms with Gasteiger partial charge < -0.3 is 16.0 Å². The van der Waals surface area contributed by atoms with Gasteiger partial charge in [0, 0.05) is 12.1 Å². The maximum absolute atomic E-state index is 14.1. The first kappa shape index (κ1) is 31.1. The summed E-state index contributed by atoms with van der Waals surface area (Å²) >= 11 is 12.2. The number of benzene rings is 3. The standard InChI is InChI=1S/C29H30Cl2N4O4S.ClH/c30-24-10-9-20(15-25(24)31)40(38,39)35-26-8-4-3-6-22(26)21-5-1-2-7-23(21)27(35)16-28(36)34-18-29(37)33-17-19-11-13-32-14-12-19;/h1-10,15,19,27,32H,11-14,16-18H2,(H,33,37)(H,34,36);1H. The number of hydrogen-bond donors (Lipinski definition) is 3. The molecule has 1 fully saturated rings. The highest BCUT2D eigenvalue weighted by atomic mass is 35.5. The van der Waals surface area contributed by atoms with Gasteiger partial charge in [-0.2, -0.15) is 0 Å². The van der Waals surface area contributed by atoms with Crippen LogP contribution in [0.2, 0.25) is 10.0 Å². The number of rotatable bonds is 8. The Morgan fingerprint density at radius 1 is 0.878 bits per heavy atom. The highest BCUT2D eigenvalue weighted by Gasteiger charge is 2.40. The van der Waals surface area contributed by atoms with E-state index in [4.69, 9.17) is 23.2 Å². The first-order valence-corrected chi connectivity index (χ1v) is 15.4. The Hall–Kier alpha value is -2.82. The van der Waals surface area contributed by atoms with Gasteiger partial charge >= 0.3 is 0 Å². The number of fused-ring (bicyclic) bond motifs is 3. The van der Waals surface area contributed by atoms with E-state index in [1.54, 1.807) is 12.1 Å². The van der Waals surface area contributed by atoms with Crippen LogP contribution in [0.4, 0.5) is 5.69 Å². The molecule has 0 radical (unpaired) electrons. The van der Waals surface area contributed by atoms with Crippen LogP contribution in [0.3, 0.4) is 0 Å². The van der Waals surface area contributed by atoms with Crippen LogP contribution in [0.25, 0.3) is 11.1 Å². The molecule has 2 aliphatic rings. The minimum absolute atomic E-state index is 0. The molecule has 41 heavy (non-hydrogen) atoms. The zero-order chi connectivity index (χ0) is 28.3. The van der Waals surface area contributed by atoms with E-state index in [-0.39, 0.29) is 46.2 Å². The third-order valence-electron chi connectivity index (χ3n) is 7.35. The smallest absolute Gasteiger partial charge is 0.264 e. The molecule has 5 rings (SSSR count).